The highest BCUT2D eigenvalue weighted by molar-refractivity contribution is 5.95. The monoisotopic (exact) mass is 300 g/mol. The van der Waals surface area contributed by atoms with Gasteiger partial charge in [0.05, 0.1) is 11.3 Å². The molecular weight excluding hydrogens is 276 g/mol. The van der Waals surface area contributed by atoms with Gasteiger partial charge in [0.1, 0.15) is 0 Å². The standard InChI is InChI=1S/C14H24N4O.ClH/c1-10-12(9-18(2)17-10)14(19)16-13(8-15)11-6-4-3-5-7-11;/h9,11,13H,3-8,15H2,1-2H3,(H,16,19);1H. The van der Waals surface area contributed by atoms with Gasteiger partial charge in [-0.25, -0.2) is 0 Å². The van der Waals surface area contributed by atoms with E-state index in [-0.39, 0.29) is 24.4 Å². The highest BCUT2D eigenvalue weighted by Gasteiger charge is 2.25. The van der Waals surface area contributed by atoms with Gasteiger partial charge in [-0.05, 0) is 25.7 Å². The number of rotatable bonds is 4. The lowest BCUT2D eigenvalue weighted by Crippen LogP contribution is -2.46. The van der Waals surface area contributed by atoms with Crippen LogP contribution in [0.3, 0.4) is 0 Å². The van der Waals surface area contributed by atoms with Crippen LogP contribution < -0.4 is 11.1 Å². The summed E-state index contributed by atoms with van der Waals surface area (Å²) >= 11 is 0. The molecule has 1 saturated carbocycles. The molecule has 0 saturated heterocycles. The minimum atomic E-state index is -0.0494. The molecule has 114 valence electrons. The molecule has 1 atom stereocenters. The molecule has 0 radical (unpaired) electrons. The van der Waals surface area contributed by atoms with E-state index in [0.29, 0.717) is 18.0 Å². The highest BCUT2D eigenvalue weighted by Crippen LogP contribution is 2.26. The summed E-state index contributed by atoms with van der Waals surface area (Å²) in [6, 6.07) is 0.0902. The molecule has 6 heteroatoms. The number of nitrogens with zero attached hydrogens (tertiary/aromatic N) is 2. The van der Waals surface area contributed by atoms with Crippen molar-refractivity contribution in [1.29, 1.82) is 0 Å². The van der Waals surface area contributed by atoms with E-state index < -0.39 is 0 Å². The minimum absolute atomic E-state index is 0. The van der Waals surface area contributed by atoms with Crippen LogP contribution in [-0.2, 0) is 7.05 Å². The summed E-state index contributed by atoms with van der Waals surface area (Å²) in [6.07, 6.45) is 7.93. The normalized spacial score (nSPS) is 17.4. The molecule has 1 heterocycles. The van der Waals surface area contributed by atoms with Crippen LogP contribution in [0.1, 0.15) is 48.2 Å². The molecule has 1 aromatic rings. The van der Waals surface area contributed by atoms with Gasteiger partial charge in [-0.15, -0.1) is 12.4 Å². The van der Waals surface area contributed by atoms with Crippen molar-refractivity contribution >= 4 is 18.3 Å². The molecular formula is C14H25ClN4O. The van der Waals surface area contributed by atoms with Crippen molar-refractivity contribution < 1.29 is 4.79 Å². The summed E-state index contributed by atoms with van der Waals surface area (Å²) in [6.45, 7) is 2.36. The average Bonchev–Trinajstić information content (AvgIpc) is 2.76. The lowest BCUT2D eigenvalue weighted by Gasteiger charge is -2.30. The van der Waals surface area contributed by atoms with Gasteiger partial charge in [0.25, 0.3) is 5.91 Å². The van der Waals surface area contributed by atoms with Gasteiger partial charge in [0.15, 0.2) is 0 Å². The Morgan fingerprint density at radius 2 is 2.15 bits per heavy atom. The number of aryl methyl sites for hydroxylation is 2. The molecule has 0 bridgehead atoms. The van der Waals surface area contributed by atoms with Gasteiger partial charge in [-0.3, -0.25) is 9.48 Å². The number of nitrogens with one attached hydrogen (secondary N) is 1. The van der Waals surface area contributed by atoms with E-state index in [9.17, 15) is 4.79 Å². The molecule has 0 aromatic carbocycles. The first-order valence-corrected chi connectivity index (χ1v) is 7.13. The average molecular weight is 301 g/mol. The van der Waals surface area contributed by atoms with Crippen molar-refractivity contribution in [3.63, 3.8) is 0 Å². The molecule has 20 heavy (non-hydrogen) atoms. The number of hydrogen-bond donors (Lipinski definition) is 2. The molecule has 1 unspecified atom stereocenters. The van der Waals surface area contributed by atoms with Crippen LogP contribution >= 0.6 is 12.4 Å². The van der Waals surface area contributed by atoms with Crippen molar-refractivity contribution in [3.8, 4) is 0 Å². The number of amides is 1. The van der Waals surface area contributed by atoms with Crippen LogP contribution in [-0.4, -0.2) is 28.3 Å². The second kappa shape index (κ2) is 7.64. The van der Waals surface area contributed by atoms with E-state index in [1.54, 1.807) is 10.9 Å². The lowest BCUT2D eigenvalue weighted by atomic mass is 9.84. The van der Waals surface area contributed by atoms with Gasteiger partial charge in [-0.2, -0.15) is 5.10 Å². The summed E-state index contributed by atoms with van der Waals surface area (Å²) < 4.78 is 1.67. The third-order valence-corrected chi connectivity index (χ3v) is 4.05. The summed E-state index contributed by atoms with van der Waals surface area (Å²) in [5.74, 6) is 0.478. The summed E-state index contributed by atoms with van der Waals surface area (Å²) in [5, 5.41) is 7.29. The first kappa shape index (κ1) is 17.0. The Morgan fingerprint density at radius 3 is 2.65 bits per heavy atom. The second-order valence-electron chi connectivity index (χ2n) is 5.52. The Balaban J connectivity index is 0.00000200. The Labute approximate surface area is 126 Å². The fourth-order valence-corrected chi connectivity index (χ4v) is 2.97. The predicted molar refractivity (Wildman–Crippen MR) is 82.1 cm³/mol. The molecule has 0 spiro atoms. The van der Waals surface area contributed by atoms with Crippen molar-refractivity contribution in [2.45, 2.75) is 45.1 Å². The fourth-order valence-electron chi connectivity index (χ4n) is 2.97. The zero-order valence-corrected chi connectivity index (χ0v) is 13.1. The molecule has 1 amide bonds. The van der Waals surface area contributed by atoms with E-state index in [4.69, 9.17) is 5.73 Å². The summed E-state index contributed by atoms with van der Waals surface area (Å²) in [7, 11) is 1.82. The van der Waals surface area contributed by atoms with Crippen LogP contribution in [0.4, 0.5) is 0 Å². The highest BCUT2D eigenvalue weighted by atomic mass is 35.5. The maximum atomic E-state index is 12.3. The zero-order valence-electron chi connectivity index (χ0n) is 12.3. The lowest BCUT2D eigenvalue weighted by molar-refractivity contribution is 0.0915. The molecule has 1 aliphatic rings. The molecule has 1 aliphatic carbocycles. The van der Waals surface area contributed by atoms with Crippen LogP contribution in [0, 0.1) is 12.8 Å². The first-order valence-electron chi connectivity index (χ1n) is 7.13. The van der Waals surface area contributed by atoms with E-state index in [1.165, 1.54) is 32.1 Å². The van der Waals surface area contributed by atoms with E-state index in [2.05, 4.69) is 10.4 Å². The number of nitrogens with two attached hydrogens (primary N) is 1. The third kappa shape index (κ3) is 3.96. The molecule has 2 rings (SSSR count). The number of carbonyl (C=O) groups is 1. The van der Waals surface area contributed by atoms with Gasteiger partial charge in [0.2, 0.25) is 0 Å². The maximum absolute atomic E-state index is 12.3. The first-order chi connectivity index (χ1) is 9.11. The van der Waals surface area contributed by atoms with Gasteiger partial charge in [-0.1, -0.05) is 19.3 Å². The van der Waals surface area contributed by atoms with Crippen molar-refractivity contribution in [2.24, 2.45) is 18.7 Å². The fraction of sp³-hybridized carbons (Fsp3) is 0.714. The second-order valence-corrected chi connectivity index (χ2v) is 5.52. The SMILES string of the molecule is Cc1nn(C)cc1C(=O)NC(CN)C1CCCCC1.Cl. The van der Waals surface area contributed by atoms with Crippen LogP contribution in [0.15, 0.2) is 6.20 Å². The van der Waals surface area contributed by atoms with Gasteiger partial charge < -0.3 is 11.1 Å². The molecule has 1 aromatic heterocycles. The van der Waals surface area contributed by atoms with Crippen LogP contribution in [0.5, 0.6) is 0 Å². The summed E-state index contributed by atoms with van der Waals surface area (Å²) in [4.78, 5) is 12.3. The number of halogens is 1. The van der Waals surface area contributed by atoms with Gasteiger partial charge in [0, 0.05) is 25.8 Å². The van der Waals surface area contributed by atoms with E-state index in [0.717, 1.165) is 5.69 Å². The Kier molecular flexibility index (Phi) is 6.49. The van der Waals surface area contributed by atoms with Crippen LogP contribution in [0.25, 0.3) is 0 Å². The zero-order chi connectivity index (χ0) is 13.8. The van der Waals surface area contributed by atoms with Crippen molar-refractivity contribution in [3.05, 3.63) is 17.5 Å². The number of hydrogen-bond acceptors (Lipinski definition) is 3. The van der Waals surface area contributed by atoms with E-state index >= 15 is 0 Å². The Hall–Kier alpha value is -1.07. The predicted octanol–water partition coefficient (Wildman–Crippen LogP) is 1.79. The quantitative estimate of drug-likeness (QED) is 0.890. The molecule has 1 fully saturated rings. The van der Waals surface area contributed by atoms with Gasteiger partial charge >= 0.3 is 0 Å². The minimum Gasteiger partial charge on any atom is -0.348 e. The topological polar surface area (TPSA) is 72.9 Å². The van der Waals surface area contributed by atoms with Crippen molar-refractivity contribution in [2.75, 3.05) is 6.54 Å². The van der Waals surface area contributed by atoms with Crippen molar-refractivity contribution in [1.82, 2.24) is 15.1 Å². The molecule has 0 aliphatic heterocycles. The largest absolute Gasteiger partial charge is 0.348 e. The Morgan fingerprint density at radius 1 is 1.50 bits per heavy atom. The molecule has 3 N–H and O–H groups in total. The van der Waals surface area contributed by atoms with Crippen LogP contribution in [0.2, 0.25) is 0 Å². The number of carbonyl (C=O) groups excluding carboxylic acids is 1. The Bertz CT molecular complexity index is 440. The molecule has 5 nitrogen and oxygen atoms in total. The summed E-state index contributed by atoms with van der Waals surface area (Å²) in [5.41, 5.74) is 7.25. The number of aromatic nitrogens is 2. The third-order valence-electron chi connectivity index (χ3n) is 4.05. The van der Waals surface area contributed by atoms with E-state index in [1.807, 2.05) is 14.0 Å². The maximum Gasteiger partial charge on any atom is 0.255 e. The smallest absolute Gasteiger partial charge is 0.255 e.